The van der Waals surface area contributed by atoms with E-state index in [-0.39, 0.29) is 6.61 Å². The molecule has 0 aliphatic rings. The molecule has 19 heavy (non-hydrogen) atoms. The third kappa shape index (κ3) is 4.81. The lowest BCUT2D eigenvalue weighted by Crippen LogP contribution is -2.34. The molecule has 0 bridgehead atoms. The van der Waals surface area contributed by atoms with Crippen molar-refractivity contribution in [1.29, 1.82) is 0 Å². The molecule has 1 aromatic rings. The highest BCUT2D eigenvalue weighted by Crippen LogP contribution is 2.31. The fraction of sp³-hybridized carbons (Fsp3) is 0.571. The maximum absolute atomic E-state index is 10.3. The van der Waals surface area contributed by atoms with Gasteiger partial charge in [-0.25, -0.2) is 0 Å². The molecule has 0 saturated heterocycles. The van der Waals surface area contributed by atoms with Gasteiger partial charge in [-0.1, -0.05) is 50.0 Å². The van der Waals surface area contributed by atoms with Crippen molar-refractivity contribution >= 4 is 18.9 Å². The summed E-state index contributed by atoms with van der Waals surface area (Å²) >= 11 is 6.17. The quantitative estimate of drug-likeness (QED) is 0.569. The monoisotopic (exact) mass is 283 g/mol. The summed E-state index contributed by atoms with van der Waals surface area (Å²) in [6.45, 7) is 3.79. The van der Waals surface area contributed by atoms with Crippen LogP contribution in [0, 0.1) is 0 Å². The molecule has 1 unspecified atom stereocenters. The second kappa shape index (κ2) is 7.90. The zero-order valence-electron chi connectivity index (χ0n) is 11.5. The van der Waals surface area contributed by atoms with Crippen LogP contribution in [0.15, 0.2) is 24.3 Å². The van der Waals surface area contributed by atoms with Crippen LogP contribution >= 0.6 is 11.6 Å². The summed E-state index contributed by atoms with van der Waals surface area (Å²) in [7, 11) is 1.83. The van der Waals surface area contributed by atoms with Gasteiger partial charge in [-0.3, -0.25) is 0 Å². The average molecular weight is 284 g/mol. The molecule has 0 aromatic heterocycles. The number of rotatable bonds is 8. The summed E-state index contributed by atoms with van der Waals surface area (Å²) < 4.78 is 5.81. The molecule has 0 aliphatic carbocycles. The molecule has 0 fully saturated rings. The Labute approximate surface area is 120 Å². The zero-order valence-corrected chi connectivity index (χ0v) is 12.2. The molecular weight excluding hydrogens is 262 g/mol. The first-order valence-electron chi connectivity index (χ1n) is 6.65. The molecule has 0 saturated carbocycles. The first kappa shape index (κ1) is 16.5. The van der Waals surface area contributed by atoms with Gasteiger partial charge in [0.15, 0.2) is 13.1 Å². The number of aliphatic hydroxyl groups excluding tert-OH is 1. The van der Waals surface area contributed by atoms with E-state index >= 15 is 0 Å². The van der Waals surface area contributed by atoms with E-state index in [2.05, 4.69) is 0 Å². The van der Waals surface area contributed by atoms with E-state index in [9.17, 15) is 5.11 Å². The number of aliphatic hydroxyl groups is 2. The van der Waals surface area contributed by atoms with Crippen LogP contribution in [0.4, 0.5) is 0 Å². The van der Waals surface area contributed by atoms with Crippen LogP contribution < -0.4 is 0 Å². The van der Waals surface area contributed by atoms with Gasteiger partial charge in [0.1, 0.15) is 0 Å². The van der Waals surface area contributed by atoms with Crippen LogP contribution in [-0.2, 0) is 4.74 Å². The van der Waals surface area contributed by atoms with E-state index in [0.717, 1.165) is 5.56 Å². The molecule has 1 rings (SSSR count). The number of hydrogen-bond donors (Lipinski definition) is 2. The third-order valence-electron chi connectivity index (χ3n) is 3.17. The summed E-state index contributed by atoms with van der Waals surface area (Å²) in [4.78, 5) is 0. The van der Waals surface area contributed by atoms with Crippen molar-refractivity contribution in [3.05, 3.63) is 34.9 Å². The van der Waals surface area contributed by atoms with Crippen molar-refractivity contribution in [3.63, 3.8) is 0 Å². The molecule has 0 aliphatic heterocycles. The Morgan fingerprint density at radius 1 is 1.32 bits per heavy atom. The Morgan fingerprint density at radius 3 is 2.47 bits per heavy atom. The maximum Gasteiger partial charge on any atom is 0.164 e. The van der Waals surface area contributed by atoms with Gasteiger partial charge in [0, 0.05) is 11.6 Å². The normalized spacial score (nSPS) is 13.3. The Hall–Kier alpha value is -0.545. The second-order valence-corrected chi connectivity index (χ2v) is 4.87. The number of hydrogen-bond acceptors (Lipinski definition) is 3. The molecular formula is C14H21BClO3. The Kier molecular flexibility index (Phi) is 6.87. The lowest BCUT2D eigenvalue weighted by molar-refractivity contribution is -0.219. The maximum atomic E-state index is 10.3. The smallest absolute Gasteiger partial charge is 0.164 e. The Morgan fingerprint density at radius 2 is 1.95 bits per heavy atom. The molecule has 1 atom stereocenters. The summed E-state index contributed by atoms with van der Waals surface area (Å²) in [5, 5.41) is 19.9. The van der Waals surface area contributed by atoms with Gasteiger partial charge in [0.2, 0.25) is 0 Å². The van der Waals surface area contributed by atoms with Gasteiger partial charge in [0.25, 0.3) is 0 Å². The highest BCUT2D eigenvalue weighted by Gasteiger charge is 2.29. The molecule has 2 N–H and O–H groups in total. The van der Waals surface area contributed by atoms with Crippen LogP contribution in [0.2, 0.25) is 11.3 Å². The van der Waals surface area contributed by atoms with E-state index in [1.165, 1.54) is 0 Å². The van der Waals surface area contributed by atoms with E-state index in [1.807, 2.05) is 39.3 Å². The molecule has 1 aromatic carbocycles. The van der Waals surface area contributed by atoms with Crippen LogP contribution in [0.3, 0.4) is 0 Å². The zero-order chi connectivity index (χ0) is 14.3. The molecule has 0 heterocycles. The van der Waals surface area contributed by atoms with Crippen molar-refractivity contribution < 1.29 is 14.9 Å². The molecule has 5 heteroatoms. The molecule has 105 valence electrons. The van der Waals surface area contributed by atoms with Gasteiger partial charge in [-0.05, 0) is 24.5 Å². The first-order valence-corrected chi connectivity index (χ1v) is 7.03. The van der Waals surface area contributed by atoms with Crippen LogP contribution in [0.1, 0.15) is 38.3 Å². The Balaban J connectivity index is 2.92. The summed E-state index contributed by atoms with van der Waals surface area (Å²) in [5.41, 5.74) is 0.804. The predicted octanol–water partition coefficient (Wildman–Crippen LogP) is 2.98. The Bertz CT molecular complexity index is 383. The van der Waals surface area contributed by atoms with E-state index in [0.29, 0.717) is 24.2 Å². The minimum absolute atomic E-state index is 0.0426. The van der Waals surface area contributed by atoms with E-state index in [4.69, 9.17) is 21.4 Å². The predicted molar refractivity (Wildman–Crippen MR) is 78.5 cm³/mol. The molecule has 1 radical (unpaired) electrons. The lowest BCUT2D eigenvalue weighted by atomic mass is 9.65. The fourth-order valence-electron chi connectivity index (χ4n) is 1.82. The van der Waals surface area contributed by atoms with Gasteiger partial charge in [-0.15, -0.1) is 0 Å². The fourth-order valence-corrected chi connectivity index (χ4v) is 2.07. The lowest BCUT2D eigenvalue weighted by Gasteiger charge is -2.31. The molecule has 0 spiro atoms. The van der Waals surface area contributed by atoms with Crippen molar-refractivity contribution in [1.82, 2.24) is 0 Å². The van der Waals surface area contributed by atoms with Crippen molar-refractivity contribution in [2.45, 2.75) is 44.8 Å². The molecule has 0 amide bonds. The number of halogens is 1. The summed E-state index contributed by atoms with van der Waals surface area (Å²) in [6.07, 6.45) is 1.48. The van der Waals surface area contributed by atoms with Crippen molar-refractivity contribution in [3.8, 4) is 0 Å². The average Bonchev–Trinajstić information content (AvgIpc) is 2.44. The topological polar surface area (TPSA) is 49.7 Å². The van der Waals surface area contributed by atoms with Crippen LogP contribution in [-0.4, -0.2) is 29.9 Å². The van der Waals surface area contributed by atoms with Gasteiger partial charge >= 0.3 is 0 Å². The van der Waals surface area contributed by atoms with E-state index < -0.39 is 11.8 Å². The second-order valence-electron chi connectivity index (χ2n) is 4.46. The van der Waals surface area contributed by atoms with Gasteiger partial charge < -0.3 is 14.9 Å². The largest absolute Gasteiger partial charge is 0.397 e. The number of ether oxygens (including phenoxy) is 1. The number of benzene rings is 1. The highest BCUT2D eigenvalue weighted by atomic mass is 35.5. The van der Waals surface area contributed by atoms with Crippen molar-refractivity contribution in [2.24, 2.45) is 0 Å². The van der Waals surface area contributed by atoms with Gasteiger partial charge in [-0.2, -0.15) is 0 Å². The SMILES string of the molecule is CCC(O)(CC)OC([B]CCO)c1ccccc1Cl. The van der Waals surface area contributed by atoms with Crippen LogP contribution in [0.25, 0.3) is 0 Å². The minimum Gasteiger partial charge on any atom is -0.397 e. The van der Waals surface area contributed by atoms with Crippen LogP contribution in [0.5, 0.6) is 0 Å². The van der Waals surface area contributed by atoms with E-state index in [1.54, 1.807) is 6.07 Å². The minimum atomic E-state index is -1.17. The standard InChI is InChI=1S/C14H21BClO3/c1-3-14(18,4-2)19-13(15-9-10-17)11-7-5-6-8-12(11)16/h5-8,13,17-18H,3-4,9-10H2,1-2H3. The van der Waals surface area contributed by atoms with Crippen molar-refractivity contribution in [2.75, 3.05) is 6.61 Å². The molecule has 3 nitrogen and oxygen atoms in total. The summed E-state index contributed by atoms with van der Waals surface area (Å²) in [5.74, 6) is -1.17. The third-order valence-corrected chi connectivity index (χ3v) is 3.52. The van der Waals surface area contributed by atoms with Gasteiger partial charge in [0.05, 0.1) is 6.00 Å². The first-order chi connectivity index (χ1) is 9.06. The highest BCUT2D eigenvalue weighted by molar-refractivity contribution is 6.39. The summed E-state index contributed by atoms with van der Waals surface area (Å²) in [6, 6.07) is 6.96.